The van der Waals surface area contributed by atoms with Gasteiger partial charge >= 0.3 is 0 Å². The summed E-state index contributed by atoms with van der Waals surface area (Å²) in [6.07, 6.45) is 0.389. The highest BCUT2D eigenvalue weighted by Crippen LogP contribution is 2.19. The van der Waals surface area contributed by atoms with E-state index < -0.39 is 11.9 Å². The molecular weight excluding hydrogens is 406 g/mol. The predicted octanol–water partition coefficient (Wildman–Crippen LogP) is 4.09. The summed E-state index contributed by atoms with van der Waals surface area (Å²) in [4.78, 5) is 38.2. The molecule has 1 atom stereocenters. The lowest BCUT2D eigenvalue weighted by Crippen LogP contribution is -2.43. The van der Waals surface area contributed by atoms with Crippen LogP contribution in [0.25, 0.3) is 0 Å². The van der Waals surface area contributed by atoms with Crippen molar-refractivity contribution in [3.63, 3.8) is 0 Å². The van der Waals surface area contributed by atoms with Crippen molar-refractivity contribution in [1.82, 2.24) is 5.32 Å². The van der Waals surface area contributed by atoms with Crippen molar-refractivity contribution < 1.29 is 19.1 Å². The van der Waals surface area contributed by atoms with E-state index in [0.29, 0.717) is 29.1 Å². The van der Waals surface area contributed by atoms with Gasteiger partial charge in [-0.1, -0.05) is 43.3 Å². The Balaban J connectivity index is 1.71. The van der Waals surface area contributed by atoms with Crippen LogP contribution in [0.1, 0.15) is 34.1 Å². The number of ether oxygens (including phenoxy) is 1. The van der Waals surface area contributed by atoms with Crippen LogP contribution in [0.4, 0.5) is 11.4 Å². The van der Waals surface area contributed by atoms with Crippen molar-refractivity contribution >= 4 is 29.1 Å². The highest BCUT2D eigenvalue weighted by Gasteiger charge is 2.22. The predicted molar refractivity (Wildman–Crippen MR) is 124 cm³/mol. The fraction of sp³-hybridized carbons (Fsp3) is 0.160. The molecule has 0 unspecified atom stereocenters. The maximum Gasteiger partial charge on any atom is 0.255 e. The minimum Gasteiger partial charge on any atom is -0.497 e. The van der Waals surface area contributed by atoms with Crippen LogP contribution in [-0.2, 0) is 4.79 Å². The zero-order chi connectivity index (χ0) is 22.9. The minimum absolute atomic E-state index is 0.268. The van der Waals surface area contributed by atoms with Crippen molar-refractivity contribution in [3.05, 3.63) is 90.0 Å². The van der Waals surface area contributed by atoms with E-state index in [0.717, 1.165) is 0 Å². The third kappa shape index (κ3) is 5.72. The molecule has 3 amide bonds. The molecule has 3 aromatic carbocycles. The summed E-state index contributed by atoms with van der Waals surface area (Å²) in [5, 5.41) is 8.31. The Morgan fingerprint density at radius 3 is 2.28 bits per heavy atom. The normalized spacial score (nSPS) is 11.2. The topological polar surface area (TPSA) is 96.5 Å². The molecule has 32 heavy (non-hydrogen) atoms. The molecule has 3 rings (SSSR count). The molecule has 0 aliphatic heterocycles. The minimum atomic E-state index is -0.758. The number of nitrogens with one attached hydrogen (secondary N) is 3. The maximum atomic E-state index is 12.9. The average molecular weight is 431 g/mol. The summed E-state index contributed by atoms with van der Waals surface area (Å²) < 4.78 is 5.17. The standard InChI is InChI=1S/C25H25N3O4/c1-3-21(25(31)26-18-12-9-13-19(16-18)32-2)27-24(30)20-14-7-8-15-22(20)28-23(29)17-10-5-4-6-11-17/h4-16,21H,3H2,1-2H3,(H,26,31)(H,27,30)(H,28,29)/t21-/m0/s1. The molecule has 0 heterocycles. The van der Waals surface area contributed by atoms with Crippen LogP contribution in [0.3, 0.4) is 0 Å². The summed E-state index contributed by atoms with van der Waals surface area (Å²) in [5.74, 6) is -0.516. The van der Waals surface area contributed by atoms with Crippen LogP contribution < -0.4 is 20.7 Å². The molecule has 3 aromatic rings. The van der Waals surface area contributed by atoms with Crippen LogP contribution in [-0.4, -0.2) is 30.9 Å². The van der Waals surface area contributed by atoms with Gasteiger partial charge in [0.05, 0.1) is 18.4 Å². The molecule has 0 saturated carbocycles. The summed E-state index contributed by atoms with van der Waals surface area (Å²) in [6, 6.07) is 21.6. The first-order valence-electron chi connectivity index (χ1n) is 10.2. The van der Waals surface area contributed by atoms with Crippen LogP contribution >= 0.6 is 0 Å². The van der Waals surface area contributed by atoms with Gasteiger partial charge in [-0.15, -0.1) is 0 Å². The van der Waals surface area contributed by atoms with E-state index >= 15 is 0 Å². The molecule has 0 radical (unpaired) electrons. The number of para-hydroxylation sites is 1. The highest BCUT2D eigenvalue weighted by molar-refractivity contribution is 6.10. The number of carbonyl (C=O) groups is 3. The van der Waals surface area contributed by atoms with E-state index in [-0.39, 0.29) is 17.4 Å². The van der Waals surface area contributed by atoms with E-state index in [9.17, 15) is 14.4 Å². The smallest absolute Gasteiger partial charge is 0.255 e. The van der Waals surface area contributed by atoms with Gasteiger partial charge in [0.25, 0.3) is 11.8 Å². The van der Waals surface area contributed by atoms with Crippen LogP contribution in [0, 0.1) is 0 Å². The third-order valence-corrected chi connectivity index (χ3v) is 4.82. The Kier molecular flexibility index (Phi) is 7.59. The number of amides is 3. The first-order chi connectivity index (χ1) is 15.5. The number of hydrogen-bond donors (Lipinski definition) is 3. The second-order valence-electron chi connectivity index (χ2n) is 7.02. The number of rotatable bonds is 8. The van der Waals surface area contributed by atoms with Gasteiger partial charge in [0.15, 0.2) is 0 Å². The second-order valence-corrected chi connectivity index (χ2v) is 7.02. The molecule has 7 heteroatoms. The fourth-order valence-electron chi connectivity index (χ4n) is 3.09. The van der Waals surface area contributed by atoms with Crippen molar-refractivity contribution in [2.75, 3.05) is 17.7 Å². The highest BCUT2D eigenvalue weighted by atomic mass is 16.5. The quantitative estimate of drug-likeness (QED) is 0.500. The molecule has 0 spiro atoms. The monoisotopic (exact) mass is 431 g/mol. The van der Waals surface area contributed by atoms with Crippen LogP contribution in [0.2, 0.25) is 0 Å². The Bertz CT molecular complexity index is 1100. The van der Waals surface area contributed by atoms with Gasteiger partial charge in [-0.05, 0) is 42.8 Å². The zero-order valence-electron chi connectivity index (χ0n) is 17.9. The fourth-order valence-corrected chi connectivity index (χ4v) is 3.09. The molecule has 3 N–H and O–H groups in total. The molecule has 0 aliphatic carbocycles. The third-order valence-electron chi connectivity index (χ3n) is 4.82. The van der Waals surface area contributed by atoms with Crippen molar-refractivity contribution in [2.45, 2.75) is 19.4 Å². The Morgan fingerprint density at radius 2 is 1.56 bits per heavy atom. The Hall–Kier alpha value is -4.13. The largest absolute Gasteiger partial charge is 0.497 e. The summed E-state index contributed by atoms with van der Waals surface area (Å²) in [5.41, 5.74) is 1.68. The van der Waals surface area contributed by atoms with E-state index in [1.807, 2.05) is 6.07 Å². The van der Waals surface area contributed by atoms with E-state index in [4.69, 9.17) is 4.74 Å². The zero-order valence-corrected chi connectivity index (χ0v) is 17.9. The van der Waals surface area contributed by atoms with Crippen LogP contribution in [0.5, 0.6) is 5.75 Å². The van der Waals surface area contributed by atoms with Gasteiger partial charge in [0.2, 0.25) is 5.91 Å². The summed E-state index contributed by atoms with van der Waals surface area (Å²) in [6.45, 7) is 1.80. The molecule has 7 nitrogen and oxygen atoms in total. The molecule has 0 saturated heterocycles. The molecule has 0 fully saturated rings. The van der Waals surface area contributed by atoms with Gasteiger partial charge in [-0.3, -0.25) is 14.4 Å². The molecule has 0 aliphatic rings. The average Bonchev–Trinajstić information content (AvgIpc) is 2.83. The number of anilines is 2. The molecule has 164 valence electrons. The number of methoxy groups -OCH3 is 1. The molecule has 0 bridgehead atoms. The first kappa shape index (κ1) is 22.6. The van der Waals surface area contributed by atoms with Gasteiger partial charge < -0.3 is 20.7 Å². The SMILES string of the molecule is CC[C@H](NC(=O)c1ccccc1NC(=O)c1ccccc1)C(=O)Nc1cccc(OC)c1. The van der Waals surface area contributed by atoms with Gasteiger partial charge in [-0.2, -0.15) is 0 Å². The number of hydrogen-bond acceptors (Lipinski definition) is 4. The number of carbonyl (C=O) groups excluding carboxylic acids is 3. The Morgan fingerprint density at radius 1 is 0.844 bits per heavy atom. The van der Waals surface area contributed by atoms with Gasteiger partial charge in [0, 0.05) is 17.3 Å². The summed E-state index contributed by atoms with van der Waals surface area (Å²) in [7, 11) is 1.55. The van der Waals surface area contributed by atoms with E-state index in [1.165, 1.54) is 0 Å². The lowest BCUT2D eigenvalue weighted by atomic mass is 10.1. The lowest BCUT2D eigenvalue weighted by molar-refractivity contribution is -0.118. The van der Waals surface area contributed by atoms with Crippen LogP contribution in [0.15, 0.2) is 78.9 Å². The van der Waals surface area contributed by atoms with E-state index in [2.05, 4.69) is 16.0 Å². The van der Waals surface area contributed by atoms with E-state index in [1.54, 1.807) is 86.8 Å². The van der Waals surface area contributed by atoms with Gasteiger partial charge in [0.1, 0.15) is 11.8 Å². The number of benzene rings is 3. The summed E-state index contributed by atoms with van der Waals surface area (Å²) >= 11 is 0. The molecule has 0 aromatic heterocycles. The van der Waals surface area contributed by atoms with Crippen molar-refractivity contribution in [3.8, 4) is 5.75 Å². The lowest BCUT2D eigenvalue weighted by Gasteiger charge is -2.18. The van der Waals surface area contributed by atoms with Crippen molar-refractivity contribution in [1.29, 1.82) is 0 Å². The first-order valence-corrected chi connectivity index (χ1v) is 10.2. The molecular formula is C25H25N3O4. The second kappa shape index (κ2) is 10.8. The van der Waals surface area contributed by atoms with Gasteiger partial charge in [-0.25, -0.2) is 0 Å². The Labute approximate surface area is 186 Å². The van der Waals surface area contributed by atoms with Crippen molar-refractivity contribution in [2.24, 2.45) is 0 Å². The maximum absolute atomic E-state index is 12.9.